The van der Waals surface area contributed by atoms with Crippen LogP contribution < -0.4 is 10.6 Å². The van der Waals surface area contributed by atoms with Crippen LogP contribution in [-0.2, 0) is 4.79 Å². The van der Waals surface area contributed by atoms with Gasteiger partial charge in [-0.2, -0.15) is 0 Å². The summed E-state index contributed by atoms with van der Waals surface area (Å²) in [6.07, 6.45) is 0. The number of carbonyl (C=O) groups excluding carboxylic acids is 1. The largest absolute Gasteiger partial charge is 0.375 e. The Bertz CT molecular complexity index is 587. The summed E-state index contributed by atoms with van der Waals surface area (Å²) in [6.45, 7) is 0.135. The first-order valence-corrected chi connectivity index (χ1v) is 6.44. The Morgan fingerprint density at radius 1 is 1.05 bits per heavy atom. The van der Waals surface area contributed by atoms with Gasteiger partial charge in [-0.1, -0.05) is 41.4 Å². The molecule has 0 aliphatic rings. The molecular weight excluding hydrogens is 283 g/mol. The van der Waals surface area contributed by atoms with Crippen molar-refractivity contribution in [2.75, 3.05) is 17.2 Å². The summed E-state index contributed by atoms with van der Waals surface area (Å²) in [6, 6.07) is 14.3. The summed E-state index contributed by atoms with van der Waals surface area (Å²) < 4.78 is 0. The van der Waals surface area contributed by atoms with Crippen LogP contribution in [0.4, 0.5) is 11.4 Å². The molecule has 0 atom stereocenters. The van der Waals surface area contributed by atoms with Crippen molar-refractivity contribution in [3.05, 3.63) is 58.6 Å². The maximum absolute atomic E-state index is 11.7. The van der Waals surface area contributed by atoms with Crippen molar-refractivity contribution in [3.63, 3.8) is 0 Å². The first-order valence-electron chi connectivity index (χ1n) is 5.69. The minimum atomic E-state index is -0.165. The van der Waals surface area contributed by atoms with Gasteiger partial charge in [0.25, 0.3) is 0 Å². The SMILES string of the molecule is O=C(CNc1ccccc1Cl)Nc1cccc(Cl)c1. The Morgan fingerprint density at radius 3 is 2.58 bits per heavy atom. The molecule has 2 aromatic rings. The Labute approximate surface area is 121 Å². The summed E-state index contributed by atoms with van der Waals surface area (Å²) in [5.41, 5.74) is 1.39. The van der Waals surface area contributed by atoms with Gasteiger partial charge in [-0.25, -0.2) is 0 Å². The van der Waals surface area contributed by atoms with Crippen LogP contribution in [0.5, 0.6) is 0 Å². The maximum atomic E-state index is 11.7. The Kier molecular flexibility index (Phi) is 4.66. The molecule has 0 spiro atoms. The number of amides is 1. The molecule has 0 aliphatic heterocycles. The van der Waals surface area contributed by atoms with Crippen LogP contribution in [0, 0.1) is 0 Å². The lowest BCUT2D eigenvalue weighted by molar-refractivity contribution is -0.114. The normalized spacial score (nSPS) is 10.0. The zero-order chi connectivity index (χ0) is 13.7. The van der Waals surface area contributed by atoms with Gasteiger partial charge in [0.1, 0.15) is 0 Å². The van der Waals surface area contributed by atoms with Crippen molar-refractivity contribution in [1.29, 1.82) is 0 Å². The molecule has 0 fully saturated rings. The second-order valence-electron chi connectivity index (χ2n) is 3.89. The second-order valence-corrected chi connectivity index (χ2v) is 4.74. The molecule has 0 aliphatic carbocycles. The molecule has 2 N–H and O–H groups in total. The van der Waals surface area contributed by atoms with Crippen molar-refractivity contribution < 1.29 is 4.79 Å². The molecule has 0 aromatic heterocycles. The van der Waals surface area contributed by atoms with Gasteiger partial charge >= 0.3 is 0 Å². The third kappa shape index (κ3) is 4.16. The van der Waals surface area contributed by atoms with Gasteiger partial charge in [-0.15, -0.1) is 0 Å². The minimum Gasteiger partial charge on any atom is -0.375 e. The van der Waals surface area contributed by atoms with Crippen molar-refractivity contribution in [2.24, 2.45) is 0 Å². The summed E-state index contributed by atoms with van der Waals surface area (Å²) in [7, 11) is 0. The number of halogens is 2. The fraction of sp³-hybridized carbons (Fsp3) is 0.0714. The van der Waals surface area contributed by atoms with Crippen molar-refractivity contribution in [3.8, 4) is 0 Å². The van der Waals surface area contributed by atoms with Crippen LogP contribution in [0.1, 0.15) is 0 Å². The van der Waals surface area contributed by atoms with E-state index in [1.54, 1.807) is 30.3 Å². The van der Waals surface area contributed by atoms with Crippen molar-refractivity contribution >= 4 is 40.5 Å². The average molecular weight is 295 g/mol. The Hall–Kier alpha value is -1.71. The van der Waals surface area contributed by atoms with E-state index in [9.17, 15) is 4.79 Å². The highest BCUT2D eigenvalue weighted by Gasteiger charge is 2.04. The standard InChI is InChI=1S/C14H12Cl2N2O/c15-10-4-3-5-11(8-10)18-14(19)9-17-13-7-2-1-6-12(13)16/h1-8,17H,9H2,(H,18,19). The quantitative estimate of drug-likeness (QED) is 0.893. The summed E-state index contributed by atoms with van der Waals surface area (Å²) >= 11 is 11.8. The van der Waals surface area contributed by atoms with Crippen LogP contribution >= 0.6 is 23.2 Å². The molecule has 0 heterocycles. The van der Waals surface area contributed by atoms with Gasteiger partial charge in [-0.05, 0) is 30.3 Å². The summed E-state index contributed by atoms with van der Waals surface area (Å²) in [5, 5.41) is 6.88. The molecular formula is C14H12Cl2N2O. The predicted octanol–water partition coefficient (Wildman–Crippen LogP) is 4.04. The molecule has 0 unspecified atom stereocenters. The maximum Gasteiger partial charge on any atom is 0.243 e. The molecule has 2 rings (SSSR count). The lowest BCUT2D eigenvalue weighted by Crippen LogP contribution is -2.21. The second kappa shape index (κ2) is 6.45. The Balaban J connectivity index is 1.90. The number of hydrogen-bond acceptors (Lipinski definition) is 2. The number of carbonyl (C=O) groups is 1. The van der Waals surface area contributed by atoms with Crippen molar-refractivity contribution in [1.82, 2.24) is 0 Å². The van der Waals surface area contributed by atoms with Gasteiger partial charge in [0.15, 0.2) is 0 Å². The zero-order valence-corrected chi connectivity index (χ0v) is 11.5. The number of benzene rings is 2. The molecule has 0 saturated heterocycles. The molecule has 5 heteroatoms. The predicted molar refractivity (Wildman–Crippen MR) is 80.0 cm³/mol. The minimum absolute atomic E-state index is 0.135. The summed E-state index contributed by atoms with van der Waals surface area (Å²) in [4.78, 5) is 11.7. The van der Waals surface area contributed by atoms with E-state index in [0.717, 1.165) is 5.69 Å². The third-order valence-electron chi connectivity index (χ3n) is 2.42. The van der Waals surface area contributed by atoms with E-state index in [0.29, 0.717) is 15.7 Å². The molecule has 98 valence electrons. The number of para-hydroxylation sites is 1. The van der Waals surface area contributed by atoms with E-state index in [4.69, 9.17) is 23.2 Å². The first kappa shape index (κ1) is 13.7. The highest BCUT2D eigenvalue weighted by Crippen LogP contribution is 2.20. The first-order chi connectivity index (χ1) is 9.15. The van der Waals surface area contributed by atoms with Crippen LogP contribution in [0.15, 0.2) is 48.5 Å². The van der Waals surface area contributed by atoms with E-state index in [-0.39, 0.29) is 12.5 Å². The average Bonchev–Trinajstić information content (AvgIpc) is 2.38. The topological polar surface area (TPSA) is 41.1 Å². The lowest BCUT2D eigenvalue weighted by atomic mass is 10.3. The fourth-order valence-electron chi connectivity index (χ4n) is 1.55. The van der Waals surface area contributed by atoms with Gasteiger partial charge in [0.2, 0.25) is 5.91 Å². The summed E-state index contributed by atoms with van der Waals surface area (Å²) in [5.74, 6) is -0.165. The van der Waals surface area contributed by atoms with Gasteiger partial charge in [0.05, 0.1) is 17.3 Å². The molecule has 19 heavy (non-hydrogen) atoms. The molecule has 0 saturated carbocycles. The molecule has 1 amide bonds. The third-order valence-corrected chi connectivity index (χ3v) is 2.99. The van der Waals surface area contributed by atoms with E-state index in [2.05, 4.69) is 10.6 Å². The van der Waals surface area contributed by atoms with Crippen LogP contribution in [0.2, 0.25) is 10.0 Å². The molecule has 0 radical (unpaired) electrons. The van der Waals surface area contributed by atoms with Crippen LogP contribution in [0.25, 0.3) is 0 Å². The smallest absolute Gasteiger partial charge is 0.243 e. The number of rotatable bonds is 4. The van der Waals surface area contributed by atoms with E-state index >= 15 is 0 Å². The van der Waals surface area contributed by atoms with Crippen LogP contribution in [-0.4, -0.2) is 12.5 Å². The van der Waals surface area contributed by atoms with Gasteiger partial charge in [-0.3, -0.25) is 4.79 Å². The molecule has 3 nitrogen and oxygen atoms in total. The van der Waals surface area contributed by atoms with Crippen LogP contribution in [0.3, 0.4) is 0 Å². The lowest BCUT2D eigenvalue weighted by Gasteiger charge is -2.09. The van der Waals surface area contributed by atoms with E-state index < -0.39 is 0 Å². The monoisotopic (exact) mass is 294 g/mol. The highest BCUT2D eigenvalue weighted by atomic mass is 35.5. The Morgan fingerprint density at radius 2 is 1.84 bits per heavy atom. The molecule has 0 bridgehead atoms. The zero-order valence-electron chi connectivity index (χ0n) is 9.99. The van der Waals surface area contributed by atoms with E-state index in [1.165, 1.54) is 0 Å². The van der Waals surface area contributed by atoms with Gasteiger partial charge in [0, 0.05) is 10.7 Å². The number of nitrogens with one attached hydrogen (secondary N) is 2. The highest BCUT2D eigenvalue weighted by molar-refractivity contribution is 6.33. The molecule has 2 aromatic carbocycles. The van der Waals surface area contributed by atoms with E-state index in [1.807, 2.05) is 18.2 Å². The van der Waals surface area contributed by atoms with Gasteiger partial charge < -0.3 is 10.6 Å². The number of anilines is 2. The van der Waals surface area contributed by atoms with Crippen molar-refractivity contribution in [2.45, 2.75) is 0 Å². The fourth-order valence-corrected chi connectivity index (χ4v) is 1.94. The number of hydrogen-bond donors (Lipinski definition) is 2.